The van der Waals surface area contributed by atoms with Crippen LogP contribution in [-0.4, -0.2) is 48.2 Å². The number of rotatable bonds is 14. The van der Waals surface area contributed by atoms with E-state index in [1.54, 1.807) is 6.08 Å². The first-order valence-electron chi connectivity index (χ1n) is 12.6. The van der Waals surface area contributed by atoms with Gasteiger partial charge in [-0.3, -0.25) is 9.36 Å². The molecule has 192 valence electrons. The number of hydrogen-bond acceptors (Lipinski definition) is 5. The maximum atomic E-state index is 11.1. The number of aromatic nitrogens is 2. The molecule has 0 aliphatic heterocycles. The number of aliphatic hydroxyl groups excluding tert-OH is 3. The highest BCUT2D eigenvalue weighted by molar-refractivity contribution is 5.67. The fraction of sp³-hybridized carbons (Fsp3) is 0.379. The average Bonchev–Trinajstić information content (AvgIpc) is 3.27. The molecule has 3 aromatic rings. The highest BCUT2D eigenvalue weighted by Gasteiger charge is 2.23. The van der Waals surface area contributed by atoms with Gasteiger partial charge >= 0.3 is 5.97 Å². The van der Waals surface area contributed by atoms with Gasteiger partial charge in [0.05, 0.1) is 29.7 Å². The predicted octanol–water partition coefficient (Wildman–Crippen LogP) is 5.14. The van der Waals surface area contributed by atoms with Gasteiger partial charge in [0.2, 0.25) is 0 Å². The van der Waals surface area contributed by atoms with Crippen LogP contribution in [0.5, 0.6) is 0 Å². The van der Waals surface area contributed by atoms with E-state index < -0.39 is 24.3 Å². The van der Waals surface area contributed by atoms with E-state index in [-0.39, 0.29) is 19.3 Å². The number of aliphatic carboxylic acids is 1. The summed E-state index contributed by atoms with van der Waals surface area (Å²) < 4.78 is 1.95. The Bertz CT molecular complexity index is 1110. The van der Waals surface area contributed by atoms with Crippen molar-refractivity contribution in [2.24, 2.45) is 0 Å². The normalized spacial score (nSPS) is 14.1. The quantitative estimate of drug-likeness (QED) is 0.232. The Morgan fingerprint density at radius 3 is 2.25 bits per heavy atom. The topological polar surface area (TPSA) is 116 Å². The van der Waals surface area contributed by atoms with Gasteiger partial charge in [0.25, 0.3) is 0 Å². The molecule has 0 unspecified atom stereocenters. The van der Waals surface area contributed by atoms with Gasteiger partial charge in [-0.05, 0) is 37.5 Å². The number of para-hydroxylation sites is 1. The lowest BCUT2D eigenvalue weighted by atomic mass is 10.0. The van der Waals surface area contributed by atoms with Gasteiger partial charge in [0.15, 0.2) is 0 Å². The second-order valence-corrected chi connectivity index (χ2v) is 8.96. The fourth-order valence-electron chi connectivity index (χ4n) is 4.15. The molecular weight excluding hydrogens is 456 g/mol. The average molecular weight is 493 g/mol. The number of nitrogens with zero attached hydrogens (tertiary/aromatic N) is 2. The fourth-order valence-corrected chi connectivity index (χ4v) is 4.15. The van der Waals surface area contributed by atoms with Crippen molar-refractivity contribution in [2.75, 3.05) is 0 Å². The first-order chi connectivity index (χ1) is 17.4. The first-order valence-corrected chi connectivity index (χ1v) is 12.6. The summed E-state index contributed by atoms with van der Waals surface area (Å²) in [4.78, 5) is 15.6. The summed E-state index contributed by atoms with van der Waals surface area (Å²) >= 11 is 0. The van der Waals surface area contributed by atoms with E-state index in [1.165, 1.54) is 6.08 Å². The van der Waals surface area contributed by atoms with Crippen LogP contribution in [0.2, 0.25) is 0 Å². The number of aliphatic hydroxyl groups is 3. The van der Waals surface area contributed by atoms with Crippen LogP contribution in [0.1, 0.15) is 69.4 Å². The minimum atomic E-state index is -1.19. The van der Waals surface area contributed by atoms with Crippen LogP contribution in [0.4, 0.5) is 0 Å². The van der Waals surface area contributed by atoms with Gasteiger partial charge < -0.3 is 20.4 Å². The zero-order chi connectivity index (χ0) is 25.9. The number of carbonyl (C=O) groups is 1. The Kier molecular flexibility index (Phi) is 10.4. The lowest BCUT2D eigenvalue weighted by Gasteiger charge is -2.15. The Balaban J connectivity index is 2.04. The minimum Gasteiger partial charge on any atom is -0.481 e. The molecule has 0 bridgehead atoms. The van der Waals surface area contributed by atoms with Crippen LogP contribution >= 0.6 is 0 Å². The first kappa shape index (κ1) is 27.3. The minimum absolute atomic E-state index is 0.0667. The number of carboxylic acids is 1. The number of carboxylic acid groups (broad SMARTS) is 1. The molecule has 0 fully saturated rings. The van der Waals surface area contributed by atoms with Crippen molar-refractivity contribution in [3.63, 3.8) is 0 Å². The summed E-state index contributed by atoms with van der Waals surface area (Å²) in [6.07, 6.45) is 3.94. The van der Waals surface area contributed by atoms with Crippen molar-refractivity contribution in [1.82, 2.24) is 9.55 Å². The molecule has 36 heavy (non-hydrogen) atoms. The van der Waals surface area contributed by atoms with Crippen molar-refractivity contribution in [2.45, 2.75) is 70.2 Å². The molecule has 0 radical (unpaired) electrons. The summed E-state index contributed by atoms with van der Waals surface area (Å²) in [5, 5.41) is 40.8. The van der Waals surface area contributed by atoms with Crippen LogP contribution < -0.4 is 0 Å². The van der Waals surface area contributed by atoms with Crippen molar-refractivity contribution in [3.05, 3.63) is 78.1 Å². The standard InChI is InChI=1S/C29H36N2O5/c1-2-3-6-16-26(34)28-23(19-20-25(33)24(32)17-11-18-27(35)36)31(22-14-9-5-10-15-22)29(30-28)21-12-7-4-8-13-21/h4-5,7-10,12-15,19-20,24-26,32-34H,2-3,6,11,16-18H2,1H3,(H,35,36)/b20-19+/t24-,25+,26+/m0/s1. The molecule has 7 heteroatoms. The van der Waals surface area contributed by atoms with Crippen molar-refractivity contribution >= 4 is 12.0 Å². The Hall–Kier alpha value is -3.26. The zero-order valence-corrected chi connectivity index (χ0v) is 20.7. The van der Waals surface area contributed by atoms with Crippen LogP contribution in [0.25, 0.3) is 23.2 Å². The van der Waals surface area contributed by atoms with E-state index >= 15 is 0 Å². The molecule has 0 saturated heterocycles. The summed E-state index contributed by atoms with van der Waals surface area (Å²) in [7, 11) is 0. The number of benzene rings is 2. The second kappa shape index (κ2) is 13.7. The third-order valence-corrected chi connectivity index (χ3v) is 6.12. The zero-order valence-electron chi connectivity index (χ0n) is 20.7. The molecule has 1 aromatic heterocycles. The third-order valence-electron chi connectivity index (χ3n) is 6.12. The number of unbranched alkanes of at least 4 members (excludes halogenated alkanes) is 2. The lowest BCUT2D eigenvalue weighted by molar-refractivity contribution is -0.137. The number of imidazole rings is 1. The molecule has 3 rings (SSSR count). The SMILES string of the molecule is CCCCC[C@@H](O)c1nc(-c2ccccc2)n(-c2ccccc2)c1/C=C/[C@@H](O)[C@@H](O)CCCC(=O)O. The van der Waals surface area contributed by atoms with Gasteiger partial charge in [0, 0.05) is 17.7 Å². The van der Waals surface area contributed by atoms with E-state index in [0.717, 1.165) is 30.5 Å². The van der Waals surface area contributed by atoms with Crippen LogP contribution in [0, 0.1) is 0 Å². The van der Waals surface area contributed by atoms with Gasteiger partial charge in [-0.15, -0.1) is 0 Å². The molecule has 4 N–H and O–H groups in total. The van der Waals surface area contributed by atoms with E-state index in [9.17, 15) is 20.1 Å². The highest BCUT2D eigenvalue weighted by Crippen LogP contribution is 2.32. The van der Waals surface area contributed by atoms with Crippen LogP contribution in [-0.2, 0) is 4.79 Å². The van der Waals surface area contributed by atoms with Crippen LogP contribution in [0.15, 0.2) is 66.7 Å². The monoisotopic (exact) mass is 492 g/mol. The Morgan fingerprint density at radius 1 is 0.944 bits per heavy atom. The van der Waals surface area contributed by atoms with Crippen LogP contribution in [0.3, 0.4) is 0 Å². The molecule has 0 amide bonds. The van der Waals surface area contributed by atoms with Gasteiger partial charge in [0.1, 0.15) is 5.82 Å². The largest absolute Gasteiger partial charge is 0.481 e. The molecular formula is C29H36N2O5. The summed E-state index contributed by atoms with van der Waals surface area (Å²) in [6, 6.07) is 19.4. The second-order valence-electron chi connectivity index (χ2n) is 8.96. The Labute approximate surface area is 212 Å². The molecule has 0 aliphatic rings. The summed E-state index contributed by atoms with van der Waals surface area (Å²) in [5.41, 5.74) is 2.88. The van der Waals surface area contributed by atoms with Crippen molar-refractivity contribution < 1.29 is 25.2 Å². The maximum absolute atomic E-state index is 11.1. The van der Waals surface area contributed by atoms with Gasteiger partial charge in [-0.1, -0.05) is 80.8 Å². The summed E-state index contributed by atoms with van der Waals surface area (Å²) in [6.45, 7) is 2.11. The molecule has 7 nitrogen and oxygen atoms in total. The number of hydrogen-bond donors (Lipinski definition) is 4. The molecule has 0 spiro atoms. The molecule has 0 aliphatic carbocycles. The third kappa shape index (κ3) is 7.37. The van der Waals surface area contributed by atoms with E-state index in [0.29, 0.717) is 23.6 Å². The van der Waals surface area contributed by atoms with E-state index in [1.807, 2.05) is 65.2 Å². The maximum Gasteiger partial charge on any atom is 0.303 e. The molecule has 1 heterocycles. The van der Waals surface area contributed by atoms with Crippen molar-refractivity contribution in [3.8, 4) is 17.1 Å². The Morgan fingerprint density at radius 2 is 1.61 bits per heavy atom. The van der Waals surface area contributed by atoms with Crippen molar-refractivity contribution in [1.29, 1.82) is 0 Å². The smallest absolute Gasteiger partial charge is 0.303 e. The molecule has 2 aromatic carbocycles. The predicted molar refractivity (Wildman–Crippen MR) is 141 cm³/mol. The molecule has 0 saturated carbocycles. The lowest BCUT2D eigenvalue weighted by Crippen LogP contribution is -2.23. The summed E-state index contributed by atoms with van der Waals surface area (Å²) in [5.74, 6) is -0.267. The molecule has 3 atom stereocenters. The van der Waals surface area contributed by atoms with Gasteiger partial charge in [-0.2, -0.15) is 0 Å². The highest BCUT2D eigenvalue weighted by atomic mass is 16.4. The van der Waals surface area contributed by atoms with E-state index in [4.69, 9.17) is 10.1 Å². The van der Waals surface area contributed by atoms with E-state index in [2.05, 4.69) is 6.92 Å². The van der Waals surface area contributed by atoms with Gasteiger partial charge in [-0.25, -0.2) is 4.98 Å².